The minimum Gasteiger partial charge on any atom is -0.462 e. The Morgan fingerprint density at radius 3 is 1.29 bits per heavy atom. The highest BCUT2D eigenvalue weighted by molar-refractivity contribution is 5.70. The second-order valence-electron chi connectivity index (χ2n) is 14.1. The van der Waals surface area contributed by atoms with Gasteiger partial charge in [0.05, 0.1) is 6.61 Å². The van der Waals surface area contributed by atoms with E-state index in [4.69, 9.17) is 9.47 Å². The SMILES string of the molecule is CCCCCC=CCC=CCC=CCC=CCC=CCCC(=O)OCC(CO)OC(=O)CCCCCCCCCCCC=CCCCCCCCC. The van der Waals surface area contributed by atoms with Gasteiger partial charge in [0.1, 0.15) is 6.61 Å². The normalized spacial score (nSPS) is 12.9. The lowest BCUT2D eigenvalue weighted by Gasteiger charge is -2.15. The van der Waals surface area contributed by atoms with E-state index < -0.39 is 6.10 Å². The van der Waals surface area contributed by atoms with Gasteiger partial charge in [0, 0.05) is 12.8 Å². The van der Waals surface area contributed by atoms with Crippen LogP contribution in [-0.4, -0.2) is 36.4 Å². The van der Waals surface area contributed by atoms with Crippen molar-refractivity contribution in [3.63, 3.8) is 0 Å². The quantitative estimate of drug-likeness (QED) is 0.0390. The summed E-state index contributed by atoms with van der Waals surface area (Å²) in [6, 6.07) is 0. The summed E-state index contributed by atoms with van der Waals surface area (Å²) in [6.45, 7) is 4.04. The van der Waals surface area contributed by atoms with E-state index in [0.29, 0.717) is 12.8 Å². The monoisotopic (exact) mass is 725 g/mol. The number of rotatable bonds is 38. The summed E-state index contributed by atoms with van der Waals surface area (Å²) in [5.74, 6) is -0.691. The molecule has 298 valence electrons. The Bertz CT molecular complexity index is 957. The van der Waals surface area contributed by atoms with Gasteiger partial charge in [-0.15, -0.1) is 0 Å². The van der Waals surface area contributed by atoms with E-state index in [1.54, 1.807) is 0 Å². The molecule has 0 spiro atoms. The third-order valence-corrected chi connectivity index (χ3v) is 8.99. The maximum atomic E-state index is 12.2. The van der Waals surface area contributed by atoms with E-state index >= 15 is 0 Å². The number of hydrogen-bond acceptors (Lipinski definition) is 5. The zero-order chi connectivity index (χ0) is 37.8. The lowest BCUT2D eigenvalue weighted by molar-refractivity contribution is -0.161. The second kappa shape index (κ2) is 42.8. The molecule has 0 aromatic heterocycles. The predicted molar refractivity (Wildman–Crippen MR) is 223 cm³/mol. The molecule has 52 heavy (non-hydrogen) atoms. The van der Waals surface area contributed by atoms with Gasteiger partial charge in [-0.25, -0.2) is 0 Å². The van der Waals surface area contributed by atoms with Crippen molar-refractivity contribution in [3.8, 4) is 0 Å². The highest BCUT2D eigenvalue weighted by atomic mass is 16.6. The standard InChI is InChI=1S/C47H80O5/c1-3-5-7-9-11-13-15-17-19-21-23-25-27-29-31-33-35-37-39-41-46(49)51-44-45(43-48)52-47(50)42-40-38-36-34-32-30-28-26-24-22-20-18-16-14-12-10-8-6-4-2/h11,13,17-20,23,25,29,31,35,37,45,48H,3-10,12,14-16,21-22,24,26-28,30,32-34,36,38-44H2,1-2H3. The third-order valence-electron chi connectivity index (χ3n) is 8.99. The van der Waals surface area contributed by atoms with Gasteiger partial charge in [-0.2, -0.15) is 0 Å². The van der Waals surface area contributed by atoms with Gasteiger partial charge in [0.2, 0.25) is 0 Å². The van der Waals surface area contributed by atoms with Gasteiger partial charge in [-0.3, -0.25) is 9.59 Å². The van der Waals surface area contributed by atoms with Gasteiger partial charge >= 0.3 is 11.9 Å². The van der Waals surface area contributed by atoms with E-state index in [2.05, 4.69) is 74.6 Å². The summed E-state index contributed by atoms with van der Waals surface area (Å²) in [4.78, 5) is 24.3. The van der Waals surface area contributed by atoms with E-state index in [-0.39, 0.29) is 31.6 Å². The van der Waals surface area contributed by atoms with Crippen LogP contribution in [0.5, 0.6) is 0 Å². The topological polar surface area (TPSA) is 72.8 Å². The van der Waals surface area contributed by atoms with E-state index in [1.165, 1.54) is 116 Å². The molecule has 1 N–H and O–H groups in total. The first kappa shape index (κ1) is 49.3. The van der Waals surface area contributed by atoms with Crippen LogP contribution in [0, 0.1) is 0 Å². The minimum atomic E-state index is -0.805. The molecule has 0 amide bonds. The Labute approximate surface area is 321 Å². The Hall–Kier alpha value is -2.66. The molecule has 0 saturated carbocycles. The maximum absolute atomic E-state index is 12.2. The molecular formula is C47H80O5. The van der Waals surface area contributed by atoms with Crippen molar-refractivity contribution in [2.45, 2.75) is 200 Å². The van der Waals surface area contributed by atoms with Crippen LogP contribution in [-0.2, 0) is 19.1 Å². The fourth-order valence-electron chi connectivity index (χ4n) is 5.71. The number of carbonyl (C=O) groups excluding carboxylic acids is 2. The number of hydrogen-bond donors (Lipinski definition) is 1. The Morgan fingerprint density at radius 1 is 0.442 bits per heavy atom. The van der Waals surface area contributed by atoms with Crippen molar-refractivity contribution in [3.05, 3.63) is 72.9 Å². The lowest BCUT2D eigenvalue weighted by atomic mass is 10.1. The van der Waals surface area contributed by atoms with Crippen molar-refractivity contribution in [2.75, 3.05) is 13.2 Å². The van der Waals surface area contributed by atoms with Crippen LogP contribution in [0.2, 0.25) is 0 Å². The highest BCUT2D eigenvalue weighted by Crippen LogP contribution is 2.13. The first-order valence-corrected chi connectivity index (χ1v) is 21.5. The predicted octanol–water partition coefficient (Wildman–Crippen LogP) is 13.7. The van der Waals surface area contributed by atoms with Crippen LogP contribution in [0.4, 0.5) is 0 Å². The molecule has 0 radical (unpaired) electrons. The van der Waals surface area contributed by atoms with Crippen molar-refractivity contribution in [1.82, 2.24) is 0 Å². The zero-order valence-corrected chi connectivity index (χ0v) is 33.8. The van der Waals surface area contributed by atoms with Crippen LogP contribution < -0.4 is 0 Å². The summed E-state index contributed by atoms with van der Waals surface area (Å²) in [5, 5.41) is 9.57. The van der Waals surface area contributed by atoms with Crippen LogP contribution >= 0.6 is 0 Å². The van der Waals surface area contributed by atoms with E-state index in [9.17, 15) is 14.7 Å². The van der Waals surface area contributed by atoms with Crippen molar-refractivity contribution >= 4 is 11.9 Å². The highest BCUT2D eigenvalue weighted by Gasteiger charge is 2.15. The molecular weight excluding hydrogens is 645 g/mol. The Morgan fingerprint density at radius 2 is 0.808 bits per heavy atom. The summed E-state index contributed by atoms with van der Waals surface area (Å²) in [6.07, 6.45) is 56.9. The van der Waals surface area contributed by atoms with Gasteiger partial charge < -0.3 is 14.6 Å². The summed E-state index contributed by atoms with van der Waals surface area (Å²) in [7, 11) is 0. The largest absolute Gasteiger partial charge is 0.462 e. The average molecular weight is 725 g/mol. The molecule has 0 bridgehead atoms. The van der Waals surface area contributed by atoms with Crippen molar-refractivity contribution in [1.29, 1.82) is 0 Å². The van der Waals surface area contributed by atoms with E-state index in [0.717, 1.165) is 44.9 Å². The molecule has 0 aromatic rings. The molecule has 0 aliphatic heterocycles. The van der Waals surface area contributed by atoms with Crippen LogP contribution in [0.15, 0.2) is 72.9 Å². The van der Waals surface area contributed by atoms with Crippen LogP contribution in [0.25, 0.3) is 0 Å². The number of aliphatic hydroxyl groups is 1. The van der Waals surface area contributed by atoms with Gasteiger partial charge in [-0.1, -0.05) is 177 Å². The van der Waals surface area contributed by atoms with E-state index in [1.807, 2.05) is 12.2 Å². The van der Waals surface area contributed by atoms with Crippen LogP contribution in [0.3, 0.4) is 0 Å². The maximum Gasteiger partial charge on any atom is 0.306 e. The number of aliphatic hydroxyl groups excluding tert-OH is 1. The molecule has 0 aliphatic rings. The third kappa shape index (κ3) is 40.1. The molecule has 1 atom stereocenters. The lowest BCUT2D eigenvalue weighted by Crippen LogP contribution is -2.28. The summed E-state index contributed by atoms with van der Waals surface area (Å²) in [5.41, 5.74) is 0. The number of allylic oxidation sites excluding steroid dienone is 12. The summed E-state index contributed by atoms with van der Waals surface area (Å²) >= 11 is 0. The van der Waals surface area contributed by atoms with Gasteiger partial charge in [0.15, 0.2) is 6.10 Å². The first-order valence-electron chi connectivity index (χ1n) is 21.5. The molecule has 0 saturated heterocycles. The molecule has 0 aromatic carbocycles. The number of carbonyl (C=O) groups is 2. The smallest absolute Gasteiger partial charge is 0.306 e. The number of ether oxygens (including phenoxy) is 2. The molecule has 5 heteroatoms. The average Bonchev–Trinajstić information content (AvgIpc) is 3.15. The summed E-state index contributed by atoms with van der Waals surface area (Å²) < 4.78 is 10.6. The number of esters is 2. The van der Waals surface area contributed by atoms with Gasteiger partial charge in [-0.05, 0) is 77.0 Å². The zero-order valence-electron chi connectivity index (χ0n) is 33.8. The first-order chi connectivity index (χ1) is 25.6. The van der Waals surface area contributed by atoms with Crippen LogP contribution in [0.1, 0.15) is 194 Å². The molecule has 0 fully saturated rings. The van der Waals surface area contributed by atoms with Crippen molar-refractivity contribution < 1.29 is 24.2 Å². The second-order valence-corrected chi connectivity index (χ2v) is 14.1. The Kier molecular flexibility index (Phi) is 40.6. The minimum absolute atomic E-state index is 0.109. The fraction of sp³-hybridized carbons (Fsp3) is 0.702. The molecule has 0 aliphatic carbocycles. The number of unbranched alkanes of at least 4 members (excludes halogenated alkanes) is 18. The molecule has 5 nitrogen and oxygen atoms in total. The molecule has 0 heterocycles. The Balaban J connectivity index is 3.67. The van der Waals surface area contributed by atoms with Crippen molar-refractivity contribution in [2.24, 2.45) is 0 Å². The van der Waals surface area contributed by atoms with Gasteiger partial charge in [0.25, 0.3) is 0 Å². The molecule has 1 unspecified atom stereocenters. The molecule has 0 rings (SSSR count). The fourth-order valence-corrected chi connectivity index (χ4v) is 5.71.